The summed E-state index contributed by atoms with van der Waals surface area (Å²) in [5.41, 5.74) is 9.45. The van der Waals surface area contributed by atoms with Crippen molar-refractivity contribution >= 4 is 30.5 Å². The van der Waals surface area contributed by atoms with Gasteiger partial charge in [0.2, 0.25) is 0 Å². The van der Waals surface area contributed by atoms with Gasteiger partial charge in [0.1, 0.15) is 17.6 Å². The third kappa shape index (κ3) is 7.05. The number of carbonyl (C=O) groups excluding carboxylic acids is 1. The molecule has 1 aliphatic heterocycles. The van der Waals surface area contributed by atoms with Crippen molar-refractivity contribution in [2.75, 3.05) is 31.9 Å². The number of hydrogen-bond acceptors (Lipinski definition) is 8. The summed E-state index contributed by atoms with van der Waals surface area (Å²) >= 11 is 0. The van der Waals surface area contributed by atoms with Crippen molar-refractivity contribution in [2.45, 2.75) is 57.2 Å². The summed E-state index contributed by atoms with van der Waals surface area (Å²) in [6, 6.07) is 21.0. The lowest BCUT2D eigenvalue weighted by Gasteiger charge is -2.46. The number of aliphatic hydroxyl groups excluding tert-OH is 1. The average molecular weight is 630 g/mol. The number of ether oxygens (including phenoxy) is 3. The van der Waals surface area contributed by atoms with E-state index in [1.807, 2.05) is 41.2 Å². The largest absolute Gasteiger partial charge is 0.497 e. The molecular weight excluding hydrogens is 586 g/mol. The number of carbonyl (C=O) groups is 1. The number of benzene rings is 3. The highest BCUT2D eigenvalue weighted by atomic mass is 28.3. The highest BCUT2D eigenvalue weighted by Gasteiger charge is 2.47. The molecule has 11 heteroatoms. The van der Waals surface area contributed by atoms with Gasteiger partial charge in [-0.3, -0.25) is 9.48 Å². The molecule has 0 fully saturated rings. The first kappa shape index (κ1) is 32.2. The summed E-state index contributed by atoms with van der Waals surface area (Å²) < 4.78 is 20.4. The van der Waals surface area contributed by atoms with Gasteiger partial charge in [-0.2, -0.15) is 0 Å². The lowest BCUT2D eigenvalue weighted by molar-refractivity contribution is -0.0233. The van der Waals surface area contributed by atoms with Crippen LogP contribution in [-0.4, -0.2) is 61.0 Å². The molecule has 0 aliphatic carbocycles. The van der Waals surface area contributed by atoms with E-state index in [0.717, 1.165) is 29.2 Å². The molecule has 4 aromatic rings. The summed E-state index contributed by atoms with van der Waals surface area (Å²) in [6.07, 6.45) is 2.84. The Balaban J connectivity index is 1.44. The number of aliphatic hydroxyl groups is 1. The van der Waals surface area contributed by atoms with Gasteiger partial charge in [0.05, 0.1) is 27.0 Å². The van der Waals surface area contributed by atoms with Crippen LogP contribution in [0.1, 0.15) is 41.1 Å². The molecule has 1 amide bonds. The Hall–Kier alpha value is -4.19. The number of nitrogens with zero attached hydrogens (tertiary/aromatic N) is 3. The molecule has 0 saturated carbocycles. The second-order valence-corrected chi connectivity index (χ2v) is 17.0. The second kappa shape index (κ2) is 13.8. The number of aryl methyl sites for hydroxylation is 1. The van der Waals surface area contributed by atoms with E-state index in [4.69, 9.17) is 19.9 Å². The lowest BCUT2D eigenvalue weighted by Crippen LogP contribution is -2.54. The van der Waals surface area contributed by atoms with Gasteiger partial charge >= 0.3 is 0 Å². The Morgan fingerprint density at radius 2 is 1.84 bits per heavy atom. The molecule has 0 saturated heterocycles. The SMILES string of the molecule is COc1ccc([Si](C)(C)C(CCn2cc(CCO)nn2)[C@H]2Oc3ccc(NC(=O)c4ccc(N)cc4)cc3[C@@H](OC)[C@@H]2C)cc1. The van der Waals surface area contributed by atoms with E-state index in [1.54, 1.807) is 38.5 Å². The maximum Gasteiger partial charge on any atom is 0.255 e. The molecule has 3 aromatic carbocycles. The molecule has 10 nitrogen and oxygen atoms in total. The molecule has 0 bridgehead atoms. The molecule has 0 spiro atoms. The Morgan fingerprint density at radius 3 is 2.51 bits per heavy atom. The average Bonchev–Trinajstić information content (AvgIpc) is 3.49. The molecule has 1 aromatic heterocycles. The van der Waals surface area contributed by atoms with Gasteiger partial charge in [0.15, 0.2) is 0 Å². The Kier molecular flexibility index (Phi) is 9.91. The predicted molar refractivity (Wildman–Crippen MR) is 178 cm³/mol. The normalized spacial score (nSPS) is 18.5. The van der Waals surface area contributed by atoms with Crippen LogP contribution in [-0.2, 0) is 17.7 Å². The molecule has 4 N–H and O–H groups in total. The van der Waals surface area contributed by atoms with Crippen LogP contribution >= 0.6 is 0 Å². The maximum atomic E-state index is 12.9. The zero-order valence-corrected chi connectivity index (χ0v) is 27.6. The van der Waals surface area contributed by atoms with Gasteiger partial charge < -0.3 is 30.4 Å². The van der Waals surface area contributed by atoms with Crippen molar-refractivity contribution < 1.29 is 24.1 Å². The quantitative estimate of drug-likeness (QED) is 0.150. The first-order valence-electron chi connectivity index (χ1n) is 15.3. The Labute approximate surface area is 265 Å². The van der Waals surface area contributed by atoms with E-state index in [-0.39, 0.29) is 36.2 Å². The second-order valence-electron chi connectivity index (χ2n) is 12.2. The predicted octanol–water partition coefficient (Wildman–Crippen LogP) is 4.82. The number of anilines is 2. The standard InChI is InChI=1S/C34H43N5O5Si/c1-22-32(43-3)29-20-25(36-34(41)23-6-8-24(35)9-7-23)10-15-30(29)44-33(22)31(16-18-39-21-26(17-19-40)37-38-39)45(4,5)28-13-11-27(42-2)12-14-28/h6-15,20-22,31-33,40H,16-19,35H2,1-5H3,(H,36,41)/t22-,31?,32-,33-/m0/s1. The Bertz CT molecular complexity index is 1590. The van der Waals surface area contributed by atoms with Crippen molar-refractivity contribution in [2.24, 2.45) is 5.92 Å². The van der Waals surface area contributed by atoms with Crippen LogP contribution in [0.15, 0.2) is 72.9 Å². The van der Waals surface area contributed by atoms with Crippen LogP contribution < -0.4 is 25.7 Å². The van der Waals surface area contributed by atoms with E-state index in [2.05, 4.69) is 47.8 Å². The number of methoxy groups -OCH3 is 2. The highest BCUT2D eigenvalue weighted by Crippen LogP contribution is 2.47. The third-order valence-electron chi connectivity index (χ3n) is 9.04. The van der Waals surface area contributed by atoms with Crippen LogP contribution in [0.25, 0.3) is 0 Å². The minimum absolute atomic E-state index is 0.0151. The minimum atomic E-state index is -2.18. The van der Waals surface area contributed by atoms with Gasteiger partial charge in [-0.1, -0.05) is 42.6 Å². The monoisotopic (exact) mass is 629 g/mol. The third-order valence-corrected chi connectivity index (χ3v) is 13.3. The van der Waals surface area contributed by atoms with E-state index in [1.165, 1.54) is 5.19 Å². The molecule has 4 atom stereocenters. The van der Waals surface area contributed by atoms with Crippen LogP contribution in [0.3, 0.4) is 0 Å². The first-order valence-corrected chi connectivity index (χ1v) is 18.4. The molecule has 45 heavy (non-hydrogen) atoms. The van der Waals surface area contributed by atoms with Crippen molar-refractivity contribution in [1.29, 1.82) is 0 Å². The van der Waals surface area contributed by atoms with Crippen molar-refractivity contribution in [3.63, 3.8) is 0 Å². The molecular formula is C34H43N5O5Si. The lowest BCUT2D eigenvalue weighted by atomic mass is 9.86. The molecule has 238 valence electrons. The molecule has 1 unspecified atom stereocenters. The van der Waals surface area contributed by atoms with Crippen LogP contribution in [0.5, 0.6) is 11.5 Å². The number of aromatic nitrogens is 3. The summed E-state index contributed by atoms with van der Waals surface area (Å²) in [7, 11) is 1.23. The van der Waals surface area contributed by atoms with E-state index in [9.17, 15) is 9.90 Å². The van der Waals surface area contributed by atoms with Crippen molar-refractivity contribution in [3.8, 4) is 11.5 Å². The Morgan fingerprint density at radius 1 is 1.11 bits per heavy atom. The smallest absolute Gasteiger partial charge is 0.255 e. The maximum absolute atomic E-state index is 12.9. The molecule has 5 rings (SSSR count). The van der Waals surface area contributed by atoms with Gasteiger partial charge in [-0.15, -0.1) is 5.10 Å². The van der Waals surface area contributed by atoms with Crippen molar-refractivity contribution in [1.82, 2.24) is 15.0 Å². The van der Waals surface area contributed by atoms with E-state index in [0.29, 0.717) is 29.9 Å². The summed E-state index contributed by atoms with van der Waals surface area (Å²) in [6.45, 7) is 7.67. The van der Waals surface area contributed by atoms with E-state index >= 15 is 0 Å². The van der Waals surface area contributed by atoms with Crippen LogP contribution in [0.4, 0.5) is 11.4 Å². The number of nitrogens with one attached hydrogen (secondary N) is 1. The van der Waals surface area contributed by atoms with Gasteiger partial charge in [0, 0.05) is 61.3 Å². The number of fused-ring (bicyclic) bond motifs is 1. The highest BCUT2D eigenvalue weighted by molar-refractivity contribution is 6.91. The first-order chi connectivity index (χ1) is 21.6. The zero-order chi connectivity index (χ0) is 32.1. The van der Waals surface area contributed by atoms with Gasteiger partial charge in [0.25, 0.3) is 5.91 Å². The number of rotatable bonds is 12. The van der Waals surface area contributed by atoms with E-state index < -0.39 is 8.07 Å². The van der Waals surface area contributed by atoms with Gasteiger partial charge in [-0.25, -0.2) is 0 Å². The van der Waals surface area contributed by atoms with Gasteiger partial charge in [-0.05, 0) is 66.6 Å². The molecule has 1 aliphatic rings. The number of nitrogens with two attached hydrogens (primary N) is 1. The minimum Gasteiger partial charge on any atom is -0.497 e. The zero-order valence-electron chi connectivity index (χ0n) is 26.6. The van der Waals surface area contributed by atoms with Crippen LogP contribution in [0, 0.1) is 5.92 Å². The number of hydrogen-bond donors (Lipinski definition) is 3. The summed E-state index contributed by atoms with van der Waals surface area (Å²) in [5.74, 6) is 1.38. The summed E-state index contributed by atoms with van der Waals surface area (Å²) in [5, 5.41) is 22.2. The number of nitrogen functional groups attached to an aromatic ring is 1. The fourth-order valence-corrected chi connectivity index (χ4v) is 9.91. The fourth-order valence-electron chi connectivity index (χ4n) is 6.41. The van der Waals surface area contributed by atoms with Crippen molar-refractivity contribution in [3.05, 3.63) is 89.7 Å². The summed E-state index contributed by atoms with van der Waals surface area (Å²) in [4.78, 5) is 12.9. The number of amides is 1. The molecule has 0 radical (unpaired) electrons. The van der Waals surface area contributed by atoms with Crippen LogP contribution in [0.2, 0.25) is 18.6 Å². The topological polar surface area (TPSA) is 134 Å². The fraction of sp³-hybridized carbons (Fsp3) is 0.382. The molecule has 2 heterocycles.